The zero-order valence-corrected chi connectivity index (χ0v) is 18.8. The van der Waals surface area contributed by atoms with Crippen LogP contribution in [0.2, 0.25) is 0 Å². The molecule has 1 aromatic rings. The van der Waals surface area contributed by atoms with Gasteiger partial charge in [0.15, 0.2) is 5.96 Å². The summed E-state index contributed by atoms with van der Waals surface area (Å²) in [6.07, 6.45) is 1.60. The first-order chi connectivity index (χ1) is 12.6. The zero-order chi connectivity index (χ0) is 18.8. The van der Waals surface area contributed by atoms with Gasteiger partial charge in [0, 0.05) is 19.6 Å². The number of hydrogen-bond donors (Lipinski definition) is 1. The summed E-state index contributed by atoms with van der Waals surface area (Å²) in [5.74, 6) is 1.68. The highest BCUT2D eigenvalue weighted by Gasteiger charge is 2.27. The third-order valence-corrected chi connectivity index (χ3v) is 4.33. The van der Waals surface area contributed by atoms with Crippen molar-refractivity contribution >= 4 is 35.9 Å². The fourth-order valence-electron chi connectivity index (χ4n) is 3.00. The van der Waals surface area contributed by atoms with Crippen LogP contribution < -0.4 is 10.1 Å². The van der Waals surface area contributed by atoms with Gasteiger partial charge in [0.25, 0.3) is 0 Å². The molecule has 1 heterocycles. The number of carbonyl (C=O) groups excluding carboxylic acids is 1. The predicted molar refractivity (Wildman–Crippen MR) is 119 cm³/mol. The maximum absolute atomic E-state index is 11.9. The van der Waals surface area contributed by atoms with Crippen LogP contribution in [0.15, 0.2) is 35.3 Å². The highest BCUT2D eigenvalue weighted by molar-refractivity contribution is 14.0. The van der Waals surface area contributed by atoms with Gasteiger partial charge in [0.05, 0.1) is 19.1 Å². The standard InChI is InChI=1S/C20H31N3O3.HI/c1-4-21-20(22-15-16(3)26-18-9-7-6-8-10-18)23-13-11-17(12-14-23)19(24)25-5-2;/h6-10,16-17H,4-5,11-15H2,1-3H3,(H,21,22);1H. The second-order valence-electron chi connectivity index (χ2n) is 6.45. The molecule has 1 aliphatic rings. The summed E-state index contributed by atoms with van der Waals surface area (Å²) < 4.78 is 11.0. The Kier molecular flexibility index (Phi) is 11.2. The van der Waals surface area contributed by atoms with Crippen molar-refractivity contribution in [3.63, 3.8) is 0 Å². The Labute approximate surface area is 179 Å². The minimum absolute atomic E-state index is 0. The molecular weight excluding hydrogens is 457 g/mol. The van der Waals surface area contributed by atoms with Crippen LogP contribution in [0.3, 0.4) is 0 Å². The number of benzene rings is 1. The summed E-state index contributed by atoms with van der Waals surface area (Å²) in [7, 11) is 0. The molecule has 1 unspecified atom stereocenters. The van der Waals surface area contributed by atoms with Gasteiger partial charge in [0.2, 0.25) is 0 Å². The second kappa shape index (κ2) is 12.8. The van der Waals surface area contributed by atoms with Crippen molar-refractivity contribution in [2.45, 2.75) is 39.7 Å². The quantitative estimate of drug-likeness (QED) is 0.276. The number of guanidine groups is 1. The number of para-hydroxylation sites is 1. The summed E-state index contributed by atoms with van der Waals surface area (Å²) in [5.41, 5.74) is 0. The van der Waals surface area contributed by atoms with E-state index in [1.807, 2.05) is 44.2 Å². The summed E-state index contributed by atoms with van der Waals surface area (Å²) in [6, 6.07) is 9.79. The monoisotopic (exact) mass is 489 g/mol. The van der Waals surface area contributed by atoms with E-state index in [2.05, 4.69) is 17.1 Å². The van der Waals surface area contributed by atoms with Crippen molar-refractivity contribution in [2.75, 3.05) is 32.8 Å². The average Bonchev–Trinajstić information content (AvgIpc) is 2.66. The van der Waals surface area contributed by atoms with E-state index in [1.165, 1.54) is 0 Å². The van der Waals surface area contributed by atoms with Crippen molar-refractivity contribution in [3.8, 4) is 5.75 Å². The molecule has 1 fully saturated rings. The van der Waals surface area contributed by atoms with Crippen molar-refractivity contribution in [3.05, 3.63) is 30.3 Å². The Hall–Kier alpha value is -1.51. The smallest absolute Gasteiger partial charge is 0.309 e. The van der Waals surface area contributed by atoms with E-state index in [0.717, 1.165) is 44.2 Å². The van der Waals surface area contributed by atoms with Gasteiger partial charge in [-0.2, -0.15) is 0 Å². The lowest BCUT2D eigenvalue weighted by Gasteiger charge is -2.33. The molecule has 0 radical (unpaired) electrons. The summed E-state index contributed by atoms with van der Waals surface area (Å²) in [4.78, 5) is 18.8. The first kappa shape index (κ1) is 23.5. The van der Waals surface area contributed by atoms with E-state index < -0.39 is 0 Å². The largest absolute Gasteiger partial charge is 0.489 e. The van der Waals surface area contributed by atoms with E-state index in [-0.39, 0.29) is 42.0 Å². The molecule has 7 heteroatoms. The molecule has 1 saturated heterocycles. The molecule has 6 nitrogen and oxygen atoms in total. The number of esters is 1. The molecule has 1 atom stereocenters. The molecule has 27 heavy (non-hydrogen) atoms. The Morgan fingerprint density at radius 2 is 1.93 bits per heavy atom. The van der Waals surface area contributed by atoms with E-state index in [9.17, 15) is 4.79 Å². The van der Waals surface area contributed by atoms with Gasteiger partial charge in [-0.15, -0.1) is 24.0 Å². The van der Waals surface area contributed by atoms with Crippen LogP contribution in [0.25, 0.3) is 0 Å². The highest BCUT2D eigenvalue weighted by Crippen LogP contribution is 2.19. The molecule has 152 valence electrons. The minimum atomic E-state index is -0.0704. The normalized spacial score (nSPS) is 16.3. The van der Waals surface area contributed by atoms with Gasteiger partial charge in [-0.3, -0.25) is 4.79 Å². The first-order valence-corrected chi connectivity index (χ1v) is 9.55. The van der Waals surface area contributed by atoms with Gasteiger partial charge >= 0.3 is 5.97 Å². The van der Waals surface area contributed by atoms with E-state index in [4.69, 9.17) is 14.5 Å². The molecule has 1 N–H and O–H groups in total. The number of likely N-dealkylation sites (tertiary alicyclic amines) is 1. The molecule has 0 bridgehead atoms. The van der Waals surface area contributed by atoms with Gasteiger partial charge in [-0.25, -0.2) is 4.99 Å². The summed E-state index contributed by atoms with van der Waals surface area (Å²) in [6.45, 7) is 9.38. The SMILES string of the molecule is CCNC(=NCC(C)Oc1ccccc1)N1CCC(C(=O)OCC)CC1.I. The average molecular weight is 489 g/mol. The number of nitrogens with one attached hydrogen (secondary N) is 1. The molecule has 0 aromatic heterocycles. The molecule has 0 aliphatic carbocycles. The Morgan fingerprint density at radius 1 is 1.26 bits per heavy atom. The van der Waals surface area contributed by atoms with Crippen molar-refractivity contribution in [1.29, 1.82) is 0 Å². The summed E-state index contributed by atoms with van der Waals surface area (Å²) in [5, 5.41) is 3.34. The first-order valence-electron chi connectivity index (χ1n) is 9.55. The third-order valence-electron chi connectivity index (χ3n) is 4.33. The van der Waals surface area contributed by atoms with E-state index in [1.54, 1.807) is 0 Å². The molecule has 0 amide bonds. The van der Waals surface area contributed by atoms with Crippen LogP contribution in [0.1, 0.15) is 33.6 Å². The molecule has 1 aliphatic heterocycles. The predicted octanol–water partition coefficient (Wildman–Crippen LogP) is 3.31. The van der Waals surface area contributed by atoms with Crippen molar-refractivity contribution < 1.29 is 14.3 Å². The van der Waals surface area contributed by atoms with Crippen LogP contribution in [0.5, 0.6) is 5.75 Å². The molecule has 1 aromatic carbocycles. The number of carbonyl (C=O) groups is 1. The second-order valence-corrected chi connectivity index (χ2v) is 6.45. The van der Waals surface area contributed by atoms with Gasteiger partial charge < -0.3 is 19.7 Å². The Morgan fingerprint density at radius 3 is 2.52 bits per heavy atom. The van der Waals surface area contributed by atoms with Gasteiger partial charge in [-0.05, 0) is 45.7 Å². The van der Waals surface area contributed by atoms with E-state index in [0.29, 0.717) is 13.2 Å². The highest BCUT2D eigenvalue weighted by atomic mass is 127. The number of piperidine rings is 1. The fraction of sp³-hybridized carbons (Fsp3) is 0.600. The zero-order valence-electron chi connectivity index (χ0n) is 16.5. The van der Waals surface area contributed by atoms with E-state index >= 15 is 0 Å². The molecule has 0 spiro atoms. The van der Waals surface area contributed by atoms with Crippen LogP contribution in [0.4, 0.5) is 0 Å². The van der Waals surface area contributed by atoms with Crippen molar-refractivity contribution in [2.24, 2.45) is 10.9 Å². The number of hydrogen-bond acceptors (Lipinski definition) is 4. The number of halogens is 1. The van der Waals surface area contributed by atoms with Crippen molar-refractivity contribution in [1.82, 2.24) is 10.2 Å². The number of rotatable bonds is 7. The number of nitrogens with zero attached hydrogens (tertiary/aromatic N) is 2. The van der Waals surface area contributed by atoms with Crippen LogP contribution >= 0.6 is 24.0 Å². The van der Waals surface area contributed by atoms with Crippen LogP contribution in [0, 0.1) is 5.92 Å². The van der Waals surface area contributed by atoms with Crippen LogP contribution in [-0.4, -0.2) is 55.7 Å². The topological polar surface area (TPSA) is 63.2 Å². The molecule has 0 saturated carbocycles. The molecule has 2 rings (SSSR count). The maximum Gasteiger partial charge on any atom is 0.309 e. The van der Waals surface area contributed by atoms with Gasteiger partial charge in [-0.1, -0.05) is 18.2 Å². The third kappa shape index (κ3) is 7.94. The maximum atomic E-state index is 11.9. The lowest BCUT2D eigenvalue weighted by Crippen LogP contribution is -2.47. The lowest BCUT2D eigenvalue weighted by molar-refractivity contribution is -0.149. The van der Waals surface area contributed by atoms with Gasteiger partial charge in [0.1, 0.15) is 11.9 Å². The lowest BCUT2D eigenvalue weighted by atomic mass is 9.97. The summed E-state index contributed by atoms with van der Waals surface area (Å²) >= 11 is 0. The molecular formula is C20H32IN3O3. The fourth-order valence-corrected chi connectivity index (χ4v) is 3.00. The number of ether oxygens (including phenoxy) is 2. The number of aliphatic imine (C=N–C) groups is 1. The minimum Gasteiger partial charge on any atom is -0.489 e. The Bertz CT molecular complexity index is 575. The Balaban J connectivity index is 0.00000364. The van der Waals surface area contributed by atoms with Crippen LogP contribution in [-0.2, 0) is 9.53 Å².